The number of carbonyl (C=O) groups is 1. The fourth-order valence-corrected chi connectivity index (χ4v) is 5.44. The summed E-state index contributed by atoms with van der Waals surface area (Å²) in [5, 5.41) is 59.0. The lowest BCUT2D eigenvalue weighted by molar-refractivity contribution is -0.269. The van der Waals surface area contributed by atoms with Gasteiger partial charge in [-0.25, -0.2) is 0 Å². The second-order valence-electron chi connectivity index (χ2n) is 10.4. The van der Waals surface area contributed by atoms with Crippen molar-refractivity contribution in [3.8, 4) is 0 Å². The number of rotatable bonds is 13. The van der Waals surface area contributed by atoms with Crippen molar-refractivity contribution < 1.29 is 30.3 Å². The van der Waals surface area contributed by atoms with Crippen molar-refractivity contribution in [2.24, 2.45) is 0 Å². The number of Topliss-reactive ketones (excluding diaryl/α,β-unsaturated/α-hetero) is 1. The Bertz CT molecular complexity index is 1350. The molecule has 0 unspecified atom stereocenters. The summed E-state index contributed by atoms with van der Waals surface area (Å²) in [5.41, 5.74) is -5.54. The van der Waals surface area contributed by atoms with Crippen LogP contribution in [0.3, 0.4) is 0 Å². The van der Waals surface area contributed by atoms with Crippen LogP contribution in [-0.4, -0.2) is 60.8 Å². The van der Waals surface area contributed by atoms with Crippen LogP contribution in [0.2, 0.25) is 0 Å². The summed E-state index contributed by atoms with van der Waals surface area (Å²) in [5.74, 6) is -0.724. The first-order valence-corrected chi connectivity index (χ1v) is 13.4. The van der Waals surface area contributed by atoms with Crippen LogP contribution in [-0.2, 0) is 30.5 Å². The molecule has 0 saturated heterocycles. The van der Waals surface area contributed by atoms with Gasteiger partial charge in [-0.15, -0.1) is 0 Å². The fourth-order valence-electron chi connectivity index (χ4n) is 5.44. The lowest BCUT2D eigenvalue weighted by Gasteiger charge is -2.53. The third-order valence-electron chi connectivity index (χ3n) is 7.72. The summed E-state index contributed by atoms with van der Waals surface area (Å²) < 4.78 is 0. The van der Waals surface area contributed by atoms with E-state index in [9.17, 15) is 30.3 Å². The molecule has 4 rings (SSSR count). The molecule has 0 fully saturated rings. The average Bonchev–Trinajstić information content (AvgIpc) is 2.98. The van der Waals surface area contributed by atoms with Crippen molar-refractivity contribution in [3.63, 3.8) is 0 Å². The van der Waals surface area contributed by atoms with E-state index in [4.69, 9.17) is 0 Å². The van der Waals surface area contributed by atoms with Gasteiger partial charge in [-0.2, -0.15) is 0 Å². The molecule has 40 heavy (non-hydrogen) atoms. The monoisotopic (exact) mass is 540 g/mol. The molecule has 0 radical (unpaired) electrons. The molecule has 0 aliphatic rings. The van der Waals surface area contributed by atoms with E-state index in [1.807, 2.05) is 6.07 Å². The summed E-state index contributed by atoms with van der Waals surface area (Å²) >= 11 is 0. The van der Waals surface area contributed by atoms with Gasteiger partial charge in [-0.1, -0.05) is 121 Å². The number of hydrogen-bond acceptors (Lipinski definition) is 6. The average molecular weight is 541 g/mol. The molecular weight excluding hydrogens is 504 g/mol. The number of ketones is 1. The minimum absolute atomic E-state index is 0.224. The molecule has 5 N–H and O–H groups in total. The fraction of sp³-hybridized carbons (Fsp3) is 0.265. The van der Waals surface area contributed by atoms with Gasteiger partial charge in [0.25, 0.3) is 0 Å². The third kappa shape index (κ3) is 6.07. The number of aliphatic hydroxyl groups excluding tert-OH is 2. The van der Waals surface area contributed by atoms with E-state index in [0.717, 1.165) is 0 Å². The van der Waals surface area contributed by atoms with E-state index in [1.165, 1.54) is 0 Å². The first-order valence-electron chi connectivity index (χ1n) is 13.4. The zero-order valence-corrected chi connectivity index (χ0v) is 22.3. The van der Waals surface area contributed by atoms with Crippen molar-refractivity contribution >= 4 is 5.78 Å². The molecule has 6 nitrogen and oxygen atoms in total. The van der Waals surface area contributed by atoms with Gasteiger partial charge in [0.05, 0.1) is 6.61 Å². The Morgan fingerprint density at radius 3 is 1.38 bits per heavy atom. The Morgan fingerprint density at radius 1 is 0.575 bits per heavy atom. The van der Waals surface area contributed by atoms with Crippen molar-refractivity contribution in [1.29, 1.82) is 0 Å². The molecule has 208 valence electrons. The SMILES string of the molecule is O=C(Cc1ccccc1)[C@@](O)(Cc1ccccc1)[C@](O)(Cc1ccccc1)[C@](O)(Cc1ccccc1)[C@H](O)CO. The van der Waals surface area contributed by atoms with Gasteiger partial charge >= 0.3 is 0 Å². The van der Waals surface area contributed by atoms with Crippen LogP contribution in [0.25, 0.3) is 0 Å². The summed E-state index contributed by atoms with van der Waals surface area (Å²) in [6, 6.07) is 35.0. The van der Waals surface area contributed by atoms with E-state index in [2.05, 4.69) is 0 Å². The Hall–Kier alpha value is -3.65. The molecule has 0 aliphatic carbocycles. The smallest absolute Gasteiger partial charge is 0.172 e. The van der Waals surface area contributed by atoms with E-state index >= 15 is 0 Å². The van der Waals surface area contributed by atoms with Crippen LogP contribution >= 0.6 is 0 Å². The van der Waals surface area contributed by atoms with Crippen LogP contribution in [0.1, 0.15) is 22.3 Å². The molecular formula is C34H36O6. The lowest BCUT2D eigenvalue weighted by Crippen LogP contribution is -2.77. The normalized spacial score (nSPS) is 16.7. The first-order chi connectivity index (χ1) is 19.2. The second kappa shape index (κ2) is 12.7. The minimum atomic E-state index is -2.65. The highest BCUT2D eigenvalue weighted by Gasteiger charge is 2.66. The number of carbonyl (C=O) groups excluding carboxylic acids is 1. The van der Waals surface area contributed by atoms with E-state index < -0.39 is 35.3 Å². The number of aliphatic hydroxyl groups is 5. The molecule has 4 aromatic rings. The van der Waals surface area contributed by atoms with Crippen LogP contribution in [0, 0.1) is 0 Å². The molecule has 0 aromatic heterocycles. The highest BCUT2D eigenvalue weighted by molar-refractivity contribution is 5.91. The van der Waals surface area contributed by atoms with E-state index in [1.54, 1.807) is 115 Å². The lowest BCUT2D eigenvalue weighted by atomic mass is 9.60. The van der Waals surface area contributed by atoms with Gasteiger partial charge in [0, 0.05) is 25.7 Å². The van der Waals surface area contributed by atoms with Crippen molar-refractivity contribution in [2.75, 3.05) is 6.61 Å². The van der Waals surface area contributed by atoms with Gasteiger partial charge < -0.3 is 25.5 Å². The maximum Gasteiger partial charge on any atom is 0.172 e. The summed E-state index contributed by atoms with van der Waals surface area (Å²) in [7, 11) is 0. The zero-order valence-electron chi connectivity index (χ0n) is 22.3. The zero-order chi connectivity index (χ0) is 28.6. The predicted octanol–water partition coefficient (Wildman–Crippen LogP) is 3.07. The van der Waals surface area contributed by atoms with E-state index in [-0.39, 0.29) is 25.7 Å². The quantitative estimate of drug-likeness (QED) is 0.178. The molecule has 0 bridgehead atoms. The molecule has 0 amide bonds. The predicted molar refractivity (Wildman–Crippen MR) is 154 cm³/mol. The largest absolute Gasteiger partial charge is 0.394 e. The van der Waals surface area contributed by atoms with Crippen LogP contribution in [0.4, 0.5) is 0 Å². The molecule has 4 atom stereocenters. The molecule has 0 heterocycles. The molecule has 6 heteroatoms. The Labute approximate surface area is 234 Å². The van der Waals surface area contributed by atoms with Crippen molar-refractivity contribution in [1.82, 2.24) is 0 Å². The van der Waals surface area contributed by atoms with Gasteiger partial charge in [-0.05, 0) is 22.3 Å². The number of hydrogen-bond donors (Lipinski definition) is 5. The van der Waals surface area contributed by atoms with Crippen molar-refractivity contribution in [2.45, 2.75) is 48.6 Å². The second-order valence-corrected chi connectivity index (χ2v) is 10.4. The number of benzene rings is 4. The summed E-state index contributed by atoms with van der Waals surface area (Å²) in [4.78, 5) is 14.2. The maximum atomic E-state index is 14.2. The van der Waals surface area contributed by atoms with Gasteiger partial charge in [0.1, 0.15) is 17.3 Å². The van der Waals surface area contributed by atoms with Gasteiger partial charge in [-0.3, -0.25) is 4.79 Å². The molecule has 0 spiro atoms. The third-order valence-corrected chi connectivity index (χ3v) is 7.72. The van der Waals surface area contributed by atoms with Crippen LogP contribution < -0.4 is 0 Å². The van der Waals surface area contributed by atoms with Gasteiger partial charge in [0.15, 0.2) is 11.4 Å². The molecule has 4 aromatic carbocycles. The molecule has 0 aliphatic heterocycles. The Morgan fingerprint density at radius 2 is 0.950 bits per heavy atom. The molecule has 0 saturated carbocycles. The van der Waals surface area contributed by atoms with Crippen molar-refractivity contribution in [3.05, 3.63) is 144 Å². The van der Waals surface area contributed by atoms with Crippen LogP contribution in [0.15, 0.2) is 121 Å². The highest BCUT2D eigenvalue weighted by Crippen LogP contribution is 2.43. The minimum Gasteiger partial charge on any atom is -0.394 e. The topological polar surface area (TPSA) is 118 Å². The van der Waals surface area contributed by atoms with Crippen LogP contribution in [0.5, 0.6) is 0 Å². The standard InChI is InChI=1S/C34H36O6/c35-25-31(37)33(39,23-28-17-9-3-10-18-28)34(40,24-29-19-11-4-12-20-29)32(38,22-27-15-7-2-8-16-27)30(36)21-26-13-5-1-6-14-26/h1-20,31,35,37-40H,21-25H2/t31-,32+,33+,34-/m1/s1. The van der Waals surface area contributed by atoms with Gasteiger partial charge in [0.2, 0.25) is 0 Å². The Balaban J connectivity index is 1.94. The van der Waals surface area contributed by atoms with E-state index in [0.29, 0.717) is 22.3 Å². The summed E-state index contributed by atoms with van der Waals surface area (Å²) in [6.07, 6.45) is -3.17. The maximum absolute atomic E-state index is 14.2. The first kappa shape index (κ1) is 29.3. The summed E-state index contributed by atoms with van der Waals surface area (Å²) in [6.45, 7) is -0.908. The highest BCUT2D eigenvalue weighted by atomic mass is 16.4. The Kier molecular flexibility index (Phi) is 9.30.